The number of hydrogen-bond acceptors (Lipinski definition) is 6. The predicted molar refractivity (Wildman–Crippen MR) is 47.9 cm³/mol. The minimum Gasteiger partial charge on any atom is -0.461 e. The van der Waals surface area contributed by atoms with Gasteiger partial charge in [-0.2, -0.15) is 0 Å². The molecule has 82 valence electrons. The second-order valence-electron chi connectivity index (χ2n) is 2.63. The first kappa shape index (κ1) is 11.2. The Hall–Kier alpha value is -1.85. The largest absolute Gasteiger partial charge is 0.461 e. The molecule has 0 amide bonds. The molecule has 0 saturated carbocycles. The highest BCUT2D eigenvalue weighted by molar-refractivity contribution is 5.86. The zero-order valence-electron chi connectivity index (χ0n) is 8.48. The van der Waals surface area contributed by atoms with E-state index in [4.69, 9.17) is 9.15 Å². The standard InChI is InChI=1S/C9H11NO5/c1-3-13-9(12)7-4-15-8(10-7)5-14-6(2)11/h4H,3,5H2,1-2H3. The van der Waals surface area contributed by atoms with E-state index in [1.807, 2.05) is 0 Å². The first-order valence-electron chi connectivity index (χ1n) is 4.38. The summed E-state index contributed by atoms with van der Waals surface area (Å²) in [5.74, 6) is -0.838. The van der Waals surface area contributed by atoms with Gasteiger partial charge in [-0.25, -0.2) is 9.78 Å². The Morgan fingerprint density at radius 3 is 2.80 bits per heavy atom. The molecule has 6 heteroatoms. The maximum atomic E-state index is 11.1. The number of carbonyl (C=O) groups excluding carboxylic acids is 2. The number of aromatic nitrogens is 1. The lowest BCUT2D eigenvalue weighted by Crippen LogP contribution is -2.05. The van der Waals surface area contributed by atoms with E-state index in [0.717, 1.165) is 6.26 Å². The van der Waals surface area contributed by atoms with E-state index < -0.39 is 11.9 Å². The van der Waals surface area contributed by atoms with Crippen LogP contribution in [0.2, 0.25) is 0 Å². The Labute approximate surface area is 86.2 Å². The second-order valence-corrected chi connectivity index (χ2v) is 2.63. The molecule has 1 rings (SSSR count). The molecule has 6 nitrogen and oxygen atoms in total. The number of oxazole rings is 1. The van der Waals surface area contributed by atoms with Gasteiger partial charge in [0.1, 0.15) is 6.26 Å². The lowest BCUT2D eigenvalue weighted by molar-refractivity contribution is -0.142. The molecule has 0 aromatic carbocycles. The number of esters is 2. The second kappa shape index (κ2) is 5.14. The van der Waals surface area contributed by atoms with E-state index in [-0.39, 0.29) is 24.8 Å². The fourth-order valence-electron chi connectivity index (χ4n) is 0.839. The highest BCUT2D eigenvalue weighted by atomic mass is 16.5. The van der Waals surface area contributed by atoms with Gasteiger partial charge in [-0.3, -0.25) is 4.79 Å². The first-order chi connectivity index (χ1) is 7.13. The summed E-state index contributed by atoms with van der Waals surface area (Å²) in [7, 11) is 0. The van der Waals surface area contributed by atoms with Crippen LogP contribution >= 0.6 is 0 Å². The molecule has 0 saturated heterocycles. The van der Waals surface area contributed by atoms with E-state index in [9.17, 15) is 9.59 Å². The van der Waals surface area contributed by atoms with Gasteiger partial charge in [-0.15, -0.1) is 0 Å². The van der Waals surface area contributed by atoms with Gasteiger partial charge in [0, 0.05) is 6.92 Å². The van der Waals surface area contributed by atoms with Gasteiger partial charge in [0.25, 0.3) is 0 Å². The highest BCUT2D eigenvalue weighted by Crippen LogP contribution is 2.05. The van der Waals surface area contributed by atoms with Crippen LogP contribution in [0.1, 0.15) is 30.2 Å². The van der Waals surface area contributed by atoms with Crippen molar-refractivity contribution < 1.29 is 23.5 Å². The fraction of sp³-hybridized carbons (Fsp3) is 0.444. The third-order valence-electron chi connectivity index (χ3n) is 1.44. The smallest absolute Gasteiger partial charge is 0.360 e. The van der Waals surface area contributed by atoms with Gasteiger partial charge in [0.05, 0.1) is 6.61 Å². The summed E-state index contributed by atoms with van der Waals surface area (Å²) in [6.07, 6.45) is 1.16. The van der Waals surface area contributed by atoms with Crippen LogP contribution in [0.3, 0.4) is 0 Å². The van der Waals surface area contributed by atoms with Crippen LogP contribution in [0.25, 0.3) is 0 Å². The van der Waals surface area contributed by atoms with Crippen molar-refractivity contribution >= 4 is 11.9 Å². The predicted octanol–water partition coefficient (Wildman–Crippen LogP) is 0.914. The number of nitrogens with zero attached hydrogens (tertiary/aromatic N) is 1. The van der Waals surface area contributed by atoms with Crippen LogP contribution in [0.4, 0.5) is 0 Å². The SMILES string of the molecule is CCOC(=O)c1coc(COC(C)=O)n1. The summed E-state index contributed by atoms with van der Waals surface area (Å²) in [6.45, 7) is 3.15. The first-order valence-corrected chi connectivity index (χ1v) is 4.38. The van der Waals surface area contributed by atoms with Crippen molar-refractivity contribution in [3.63, 3.8) is 0 Å². The molecular formula is C9H11NO5. The Bertz CT molecular complexity index is 357. The quantitative estimate of drug-likeness (QED) is 0.692. The lowest BCUT2D eigenvalue weighted by atomic mass is 10.5. The summed E-state index contributed by atoms with van der Waals surface area (Å²) in [5.41, 5.74) is 0.0685. The van der Waals surface area contributed by atoms with Crippen LogP contribution in [0.5, 0.6) is 0 Å². The lowest BCUT2D eigenvalue weighted by Gasteiger charge is -1.96. The molecule has 0 spiro atoms. The molecule has 1 heterocycles. The van der Waals surface area contributed by atoms with Crippen LogP contribution in [0.15, 0.2) is 10.7 Å². The van der Waals surface area contributed by atoms with Crippen LogP contribution in [-0.4, -0.2) is 23.5 Å². The van der Waals surface area contributed by atoms with Crippen molar-refractivity contribution in [1.82, 2.24) is 4.98 Å². The molecule has 0 aliphatic rings. The monoisotopic (exact) mass is 213 g/mol. The maximum absolute atomic E-state index is 11.1. The molecule has 0 aliphatic carbocycles. The number of rotatable bonds is 4. The summed E-state index contributed by atoms with van der Waals surface area (Å²) in [4.78, 5) is 25.4. The topological polar surface area (TPSA) is 78.6 Å². The molecule has 0 atom stereocenters. The molecule has 0 unspecified atom stereocenters. The highest BCUT2D eigenvalue weighted by Gasteiger charge is 2.13. The Balaban J connectivity index is 2.56. The Kier molecular flexibility index (Phi) is 3.84. The Morgan fingerprint density at radius 2 is 2.20 bits per heavy atom. The molecule has 1 aromatic rings. The van der Waals surface area contributed by atoms with E-state index in [1.54, 1.807) is 6.92 Å². The van der Waals surface area contributed by atoms with Gasteiger partial charge in [0.15, 0.2) is 12.3 Å². The van der Waals surface area contributed by atoms with Gasteiger partial charge in [0.2, 0.25) is 5.89 Å². The van der Waals surface area contributed by atoms with E-state index in [2.05, 4.69) is 9.72 Å². The van der Waals surface area contributed by atoms with Crippen molar-refractivity contribution in [3.8, 4) is 0 Å². The minimum atomic E-state index is -0.560. The number of carbonyl (C=O) groups is 2. The zero-order valence-corrected chi connectivity index (χ0v) is 8.48. The van der Waals surface area contributed by atoms with Crippen LogP contribution in [-0.2, 0) is 20.9 Å². The van der Waals surface area contributed by atoms with E-state index in [0.29, 0.717) is 0 Å². The molecule has 0 fully saturated rings. The van der Waals surface area contributed by atoms with Crippen LogP contribution < -0.4 is 0 Å². The number of ether oxygens (including phenoxy) is 2. The molecular weight excluding hydrogens is 202 g/mol. The molecule has 0 N–H and O–H groups in total. The molecule has 15 heavy (non-hydrogen) atoms. The normalized spacial score (nSPS) is 9.73. The average Bonchev–Trinajstić information content (AvgIpc) is 2.63. The molecule has 1 aromatic heterocycles. The van der Waals surface area contributed by atoms with Gasteiger partial charge in [-0.1, -0.05) is 0 Å². The average molecular weight is 213 g/mol. The molecule has 0 bridgehead atoms. The summed E-state index contributed by atoms with van der Waals surface area (Å²) < 4.78 is 14.2. The Morgan fingerprint density at radius 1 is 1.47 bits per heavy atom. The fourth-order valence-corrected chi connectivity index (χ4v) is 0.839. The van der Waals surface area contributed by atoms with Gasteiger partial charge in [-0.05, 0) is 6.92 Å². The third kappa shape index (κ3) is 3.41. The van der Waals surface area contributed by atoms with Crippen molar-refractivity contribution in [2.24, 2.45) is 0 Å². The molecule has 0 aliphatic heterocycles. The summed E-state index contributed by atoms with van der Waals surface area (Å²) in [6, 6.07) is 0. The van der Waals surface area contributed by atoms with Crippen molar-refractivity contribution in [1.29, 1.82) is 0 Å². The number of hydrogen-bond donors (Lipinski definition) is 0. The third-order valence-corrected chi connectivity index (χ3v) is 1.44. The summed E-state index contributed by atoms with van der Waals surface area (Å²) >= 11 is 0. The van der Waals surface area contributed by atoms with Crippen molar-refractivity contribution in [2.45, 2.75) is 20.5 Å². The van der Waals surface area contributed by atoms with Crippen molar-refractivity contribution in [3.05, 3.63) is 17.8 Å². The van der Waals surface area contributed by atoms with Crippen LogP contribution in [0, 0.1) is 0 Å². The van der Waals surface area contributed by atoms with Gasteiger partial charge < -0.3 is 13.9 Å². The van der Waals surface area contributed by atoms with E-state index >= 15 is 0 Å². The zero-order chi connectivity index (χ0) is 11.3. The minimum absolute atomic E-state index is 0.0685. The van der Waals surface area contributed by atoms with Gasteiger partial charge >= 0.3 is 11.9 Å². The maximum Gasteiger partial charge on any atom is 0.360 e. The van der Waals surface area contributed by atoms with E-state index in [1.165, 1.54) is 6.92 Å². The molecule has 0 radical (unpaired) electrons. The van der Waals surface area contributed by atoms with Crippen molar-refractivity contribution in [2.75, 3.05) is 6.61 Å². The summed E-state index contributed by atoms with van der Waals surface area (Å²) in [5, 5.41) is 0.